The molecule has 18 heavy (non-hydrogen) atoms. The highest BCUT2D eigenvalue weighted by Gasteiger charge is 2.40. The van der Waals surface area contributed by atoms with Crippen molar-refractivity contribution in [2.75, 3.05) is 7.11 Å². The van der Waals surface area contributed by atoms with E-state index in [1.165, 1.54) is 7.11 Å². The van der Waals surface area contributed by atoms with Crippen molar-refractivity contribution in [3.63, 3.8) is 0 Å². The van der Waals surface area contributed by atoms with Crippen molar-refractivity contribution in [3.8, 4) is 0 Å². The molecule has 100 valence electrons. The molecule has 0 aliphatic heterocycles. The zero-order valence-corrected chi connectivity index (χ0v) is 10.5. The second-order valence-electron chi connectivity index (χ2n) is 4.37. The molecule has 1 aliphatic carbocycles. The summed E-state index contributed by atoms with van der Waals surface area (Å²) in [6.45, 7) is 0. The van der Waals surface area contributed by atoms with Crippen molar-refractivity contribution in [1.29, 1.82) is 0 Å². The van der Waals surface area contributed by atoms with E-state index in [4.69, 9.17) is 4.74 Å². The van der Waals surface area contributed by atoms with Gasteiger partial charge in [-0.1, -0.05) is 0 Å². The van der Waals surface area contributed by atoms with Crippen LogP contribution in [0.1, 0.15) is 40.4 Å². The number of hydrogen-bond acceptors (Lipinski definition) is 4. The number of hydrogen-bond donors (Lipinski definition) is 0. The summed E-state index contributed by atoms with van der Waals surface area (Å²) in [5.74, 6) is -0.329. The standard InChI is InChI=1S/C11H12F3NO2S/c1-17-10(3-2-4-10)5-7(16)8-6-15-9(18-8)11(12,13)14/h6H,2-5H2,1H3. The first kappa shape index (κ1) is 13.5. The van der Waals surface area contributed by atoms with Crippen LogP contribution in [-0.4, -0.2) is 23.5 Å². The van der Waals surface area contributed by atoms with E-state index in [-0.39, 0.29) is 17.1 Å². The molecule has 3 nitrogen and oxygen atoms in total. The van der Waals surface area contributed by atoms with E-state index < -0.39 is 16.8 Å². The number of ketones is 1. The van der Waals surface area contributed by atoms with E-state index in [1.54, 1.807) is 0 Å². The van der Waals surface area contributed by atoms with Gasteiger partial charge in [-0.3, -0.25) is 4.79 Å². The molecule has 0 radical (unpaired) electrons. The maximum atomic E-state index is 12.4. The molecule has 0 N–H and O–H groups in total. The lowest BCUT2D eigenvalue weighted by Gasteiger charge is -2.39. The fourth-order valence-electron chi connectivity index (χ4n) is 1.94. The van der Waals surface area contributed by atoms with Crippen LogP contribution in [0, 0.1) is 0 Å². The van der Waals surface area contributed by atoms with Crippen LogP contribution in [0.5, 0.6) is 0 Å². The summed E-state index contributed by atoms with van der Waals surface area (Å²) in [6.07, 6.45) is -0.822. The van der Waals surface area contributed by atoms with Crippen molar-refractivity contribution in [1.82, 2.24) is 4.98 Å². The van der Waals surface area contributed by atoms with E-state index in [9.17, 15) is 18.0 Å². The van der Waals surface area contributed by atoms with E-state index >= 15 is 0 Å². The van der Waals surface area contributed by atoms with Crippen LogP contribution >= 0.6 is 11.3 Å². The Kier molecular flexibility index (Phi) is 3.46. The molecule has 1 heterocycles. The lowest BCUT2D eigenvalue weighted by atomic mass is 9.76. The van der Waals surface area contributed by atoms with Crippen LogP contribution in [0.25, 0.3) is 0 Å². The minimum Gasteiger partial charge on any atom is -0.378 e. The Labute approximate surface area is 106 Å². The van der Waals surface area contributed by atoms with Crippen molar-refractivity contribution >= 4 is 17.1 Å². The van der Waals surface area contributed by atoms with E-state index in [0.717, 1.165) is 25.5 Å². The van der Waals surface area contributed by atoms with Crippen LogP contribution in [0.15, 0.2) is 6.20 Å². The minimum atomic E-state index is -4.49. The third-order valence-corrected chi connectivity index (χ3v) is 4.29. The van der Waals surface area contributed by atoms with Crippen molar-refractivity contribution in [3.05, 3.63) is 16.1 Å². The van der Waals surface area contributed by atoms with Crippen molar-refractivity contribution in [2.24, 2.45) is 0 Å². The molecule has 0 atom stereocenters. The number of ether oxygens (including phenoxy) is 1. The number of aromatic nitrogens is 1. The Hall–Kier alpha value is -0.950. The number of methoxy groups -OCH3 is 1. The number of halogens is 3. The van der Waals surface area contributed by atoms with E-state index in [2.05, 4.69) is 4.98 Å². The van der Waals surface area contributed by atoms with Gasteiger partial charge >= 0.3 is 6.18 Å². The summed E-state index contributed by atoms with van der Waals surface area (Å²) >= 11 is 0.392. The molecule has 0 unspecified atom stereocenters. The number of thiazole rings is 1. The highest BCUT2D eigenvalue weighted by molar-refractivity contribution is 7.13. The summed E-state index contributed by atoms with van der Waals surface area (Å²) in [6, 6.07) is 0. The zero-order valence-electron chi connectivity index (χ0n) is 9.71. The van der Waals surface area contributed by atoms with Gasteiger partial charge in [0, 0.05) is 19.7 Å². The molecule has 0 bridgehead atoms. The van der Waals surface area contributed by atoms with Crippen LogP contribution in [0.4, 0.5) is 13.2 Å². The topological polar surface area (TPSA) is 39.2 Å². The number of rotatable bonds is 4. The Bertz CT molecular complexity index is 446. The Morgan fingerprint density at radius 3 is 2.61 bits per heavy atom. The van der Waals surface area contributed by atoms with Gasteiger partial charge in [-0.05, 0) is 19.3 Å². The van der Waals surface area contributed by atoms with E-state index in [1.807, 2.05) is 0 Å². The fraction of sp³-hybridized carbons (Fsp3) is 0.636. The first-order valence-electron chi connectivity index (χ1n) is 5.48. The predicted octanol–water partition coefficient (Wildman–Crippen LogP) is 3.30. The van der Waals surface area contributed by atoms with E-state index in [0.29, 0.717) is 11.3 Å². The van der Waals surface area contributed by atoms with Gasteiger partial charge in [0.05, 0.1) is 10.5 Å². The van der Waals surface area contributed by atoms with Crippen LogP contribution in [0.3, 0.4) is 0 Å². The Morgan fingerprint density at radius 2 is 2.22 bits per heavy atom. The molecule has 1 aliphatic rings. The molecule has 1 aromatic heterocycles. The Balaban J connectivity index is 2.08. The lowest BCUT2D eigenvalue weighted by Crippen LogP contribution is -2.41. The summed E-state index contributed by atoms with van der Waals surface area (Å²) in [7, 11) is 1.53. The first-order valence-corrected chi connectivity index (χ1v) is 6.29. The number of nitrogens with zero attached hydrogens (tertiary/aromatic N) is 1. The average Bonchev–Trinajstić information content (AvgIpc) is 2.71. The lowest BCUT2D eigenvalue weighted by molar-refractivity contribution is -0.137. The third kappa shape index (κ3) is 2.56. The maximum absolute atomic E-state index is 12.4. The molecular weight excluding hydrogens is 267 g/mol. The molecular formula is C11H12F3NO2S. The molecule has 2 rings (SSSR count). The zero-order chi connectivity index (χ0) is 13.4. The second-order valence-corrected chi connectivity index (χ2v) is 5.40. The smallest absolute Gasteiger partial charge is 0.378 e. The van der Waals surface area contributed by atoms with Gasteiger partial charge in [0.25, 0.3) is 0 Å². The fourth-order valence-corrected chi connectivity index (χ4v) is 2.66. The number of alkyl halides is 3. The van der Waals surface area contributed by atoms with Crippen molar-refractivity contribution in [2.45, 2.75) is 37.5 Å². The van der Waals surface area contributed by atoms with Gasteiger partial charge in [0.1, 0.15) is 0 Å². The van der Waals surface area contributed by atoms with Crippen LogP contribution < -0.4 is 0 Å². The van der Waals surface area contributed by atoms with Gasteiger partial charge < -0.3 is 4.74 Å². The molecule has 0 saturated heterocycles. The summed E-state index contributed by atoms with van der Waals surface area (Å²) in [4.78, 5) is 15.2. The normalized spacial score (nSPS) is 18.4. The quantitative estimate of drug-likeness (QED) is 0.794. The van der Waals surface area contributed by atoms with Gasteiger partial charge in [-0.15, -0.1) is 11.3 Å². The third-order valence-electron chi connectivity index (χ3n) is 3.20. The van der Waals surface area contributed by atoms with Gasteiger partial charge in [0.2, 0.25) is 0 Å². The highest BCUT2D eigenvalue weighted by atomic mass is 32.1. The van der Waals surface area contributed by atoms with Crippen LogP contribution in [-0.2, 0) is 10.9 Å². The average molecular weight is 279 g/mol. The summed E-state index contributed by atoms with van der Waals surface area (Å²) < 4.78 is 42.4. The highest BCUT2D eigenvalue weighted by Crippen LogP contribution is 2.40. The molecule has 0 spiro atoms. The number of Topliss-reactive ketones (excluding diaryl/α,β-unsaturated/α-hetero) is 1. The predicted molar refractivity (Wildman–Crippen MR) is 59.7 cm³/mol. The molecule has 0 aromatic carbocycles. The first-order chi connectivity index (χ1) is 8.36. The largest absolute Gasteiger partial charge is 0.443 e. The molecule has 1 fully saturated rings. The molecule has 1 aromatic rings. The number of carbonyl (C=O) groups is 1. The minimum absolute atomic E-state index is 0.0469. The number of carbonyl (C=O) groups excluding carboxylic acids is 1. The molecule has 0 amide bonds. The van der Waals surface area contributed by atoms with Gasteiger partial charge in [-0.2, -0.15) is 13.2 Å². The summed E-state index contributed by atoms with van der Waals surface area (Å²) in [5.41, 5.74) is -0.473. The maximum Gasteiger partial charge on any atom is 0.443 e. The van der Waals surface area contributed by atoms with Gasteiger partial charge in [-0.25, -0.2) is 4.98 Å². The second kappa shape index (κ2) is 4.62. The molecule has 1 saturated carbocycles. The molecule has 7 heteroatoms. The Morgan fingerprint density at radius 1 is 1.56 bits per heavy atom. The SMILES string of the molecule is COC1(CC(=O)c2cnc(C(F)(F)F)s2)CCC1. The van der Waals surface area contributed by atoms with Gasteiger partial charge in [0.15, 0.2) is 10.8 Å². The summed E-state index contributed by atoms with van der Waals surface area (Å²) in [5, 5.41) is -0.981. The van der Waals surface area contributed by atoms with Crippen molar-refractivity contribution < 1.29 is 22.7 Å². The monoisotopic (exact) mass is 279 g/mol. The van der Waals surface area contributed by atoms with Crippen LogP contribution in [0.2, 0.25) is 0 Å².